The highest BCUT2D eigenvalue weighted by atomic mass is 127. The summed E-state index contributed by atoms with van der Waals surface area (Å²) in [5, 5.41) is 3.13. The molecule has 90 valence electrons. The number of hydrogen-bond acceptors (Lipinski definition) is 3. The second kappa shape index (κ2) is 7.60. The second-order valence-electron chi connectivity index (χ2n) is 3.70. The minimum Gasteiger partial charge on any atom is -0.463 e. The van der Waals surface area contributed by atoms with E-state index in [0.717, 1.165) is 5.75 Å². The summed E-state index contributed by atoms with van der Waals surface area (Å²) in [5.41, 5.74) is 0. The fourth-order valence-corrected chi connectivity index (χ4v) is 1.93. The minimum atomic E-state index is -0.268. The van der Waals surface area contributed by atoms with Gasteiger partial charge in [0.05, 0.1) is 6.67 Å². The van der Waals surface area contributed by atoms with Crippen LogP contribution in [-0.4, -0.2) is 27.8 Å². The Balaban J connectivity index is 3.67. The van der Waals surface area contributed by atoms with E-state index in [1.807, 2.05) is 20.8 Å². The molecule has 0 rings (SSSR count). The van der Waals surface area contributed by atoms with E-state index in [9.17, 15) is 4.39 Å². The number of nitrogens with one attached hydrogen (secondary N) is 1. The van der Waals surface area contributed by atoms with Crippen LogP contribution in [0.15, 0.2) is 12.5 Å². The summed E-state index contributed by atoms with van der Waals surface area (Å²) in [6, 6.07) is 0.243. The molecule has 0 heterocycles. The highest BCUT2D eigenvalue weighted by molar-refractivity contribution is 14.1. The largest absolute Gasteiger partial charge is 0.463 e. The number of ether oxygens (including phenoxy) is 1. The van der Waals surface area contributed by atoms with Crippen molar-refractivity contribution < 1.29 is 9.13 Å². The van der Waals surface area contributed by atoms with Crippen molar-refractivity contribution in [1.82, 2.24) is 5.32 Å². The Labute approximate surface area is 110 Å². The van der Waals surface area contributed by atoms with Crippen LogP contribution >= 0.6 is 34.4 Å². The Kier molecular flexibility index (Phi) is 7.77. The third kappa shape index (κ3) is 10.6. The lowest BCUT2D eigenvalue weighted by Crippen LogP contribution is -2.31. The molecule has 0 saturated heterocycles. The van der Waals surface area contributed by atoms with Gasteiger partial charge in [-0.3, -0.25) is 4.39 Å². The van der Waals surface area contributed by atoms with Crippen LogP contribution in [0.4, 0.5) is 4.39 Å². The third-order valence-electron chi connectivity index (χ3n) is 1.36. The highest BCUT2D eigenvalue weighted by Crippen LogP contribution is 2.20. The van der Waals surface area contributed by atoms with Gasteiger partial charge in [0.1, 0.15) is 0 Å². The Morgan fingerprint density at radius 3 is 2.73 bits per heavy atom. The maximum atomic E-state index is 11.8. The van der Waals surface area contributed by atoms with Crippen LogP contribution in [0.1, 0.15) is 20.8 Å². The SMILES string of the molecule is C=C(N[C@H](C)CSCCF)OC(C)(C)I. The van der Waals surface area contributed by atoms with Gasteiger partial charge >= 0.3 is 0 Å². The molecule has 0 aliphatic rings. The Morgan fingerprint density at radius 2 is 2.27 bits per heavy atom. The molecule has 0 aliphatic heterocycles. The van der Waals surface area contributed by atoms with Crippen LogP contribution in [0.25, 0.3) is 0 Å². The molecule has 1 N–H and O–H groups in total. The Morgan fingerprint density at radius 1 is 1.67 bits per heavy atom. The van der Waals surface area contributed by atoms with Gasteiger partial charge in [0, 0.05) is 17.5 Å². The lowest BCUT2D eigenvalue weighted by molar-refractivity contribution is 0.114. The van der Waals surface area contributed by atoms with E-state index >= 15 is 0 Å². The maximum Gasteiger partial charge on any atom is 0.181 e. The molecule has 1 atom stereocenters. The Bertz CT molecular complexity index is 196. The van der Waals surface area contributed by atoms with Gasteiger partial charge in [0.2, 0.25) is 0 Å². The standard InChI is InChI=1S/C10H19FINOS/c1-8(7-15-6-5-11)13-9(2)14-10(3,4)12/h8,13H,2,5-7H2,1,3-4H3/t8-/m1/s1. The summed E-state index contributed by atoms with van der Waals surface area (Å²) in [5.74, 6) is 1.98. The van der Waals surface area contributed by atoms with Gasteiger partial charge in [0.25, 0.3) is 0 Å². The topological polar surface area (TPSA) is 21.3 Å². The van der Waals surface area contributed by atoms with Crippen LogP contribution in [-0.2, 0) is 4.74 Å². The average molecular weight is 347 g/mol. The monoisotopic (exact) mass is 347 g/mol. The van der Waals surface area contributed by atoms with Crippen molar-refractivity contribution >= 4 is 34.4 Å². The number of hydrogen-bond donors (Lipinski definition) is 1. The van der Waals surface area contributed by atoms with Crippen molar-refractivity contribution in [2.75, 3.05) is 18.2 Å². The van der Waals surface area contributed by atoms with E-state index < -0.39 is 0 Å². The molecule has 0 aromatic carbocycles. The summed E-state index contributed by atoms with van der Waals surface area (Å²) in [4.78, 5) is 0. The highest BCUT2D eigenvalue weighted by Gasteiger charge is 2.15. The lowest BCUT2D eigenvalue weighted by Gasteiger charge is -2.24. The van der Waals surface area contributed by atoms with Crippen molar-refractivity contribution in [2.45, 2.75) is 30.4 Å². The molecular weight excluding hydrogens is 328 g/mol. The van der Waals surface area contributed by atoms with Crippen LogP contribution in [0, 0.1) is 0 Å². The van der Waals surface area contributed by atoms with Gasteiger partial charge in [0.15, 0.2) is 9.49 Å². The molecule has 0 saturated carbocycles. The van der Waals surface area contributed by atoms with Crippen LogP contribution in [0.2, 0.25) is 0 Å². The quantitative estimate of drug-likeness (QED) is 0.315. The van der Waals surface area contributed by atoms with Gasteiger partial charge < -0.3 is 10.1 Å². The van der Waals surface area contributed by atoms with Crippen molar-refractivity contribution in [3.05, 3.63) is 12.5 Å². The fourth-order valence-electron chi connectivity index (χ4n) is 0.954. The molecule has 0 radical (unpaired) electrons. The minimum absolute atomic E-state index is 0.243. The van der Waals surface area contributed by atoms with Gasteiger partial charge in [-0.25, -0.2) is 0 Å². The summed E-state index contributed by atoms with van der Waals surface area (Å²) in [6.45, 7) is 9.47. The van der Waals surface area contributed by atoms with E-state index in [2.05, 4.69) is 34.5 Å². The first kappa shape index (κ1) is 15.3. The lowest BCUT2D eigenvalue weighted by atomic mass is 10.4. The molecule has 0 aromatic heterocycles. The van der Waals surface area contributed by atoms with Crippen LogP contribution in [0.3, 0.4) is 0 Å². The first-order valence-corrected chi connectivity index (χ1v) is 7.05. The molecule has 0 aliphatic carbocycles. The maximum absolute atomic E-state index is 11.8. The summed E-state index contributed by atoms with van der Waals surface area (Å²) in [6.07, 6.45) is 0. The zero-order chi connectivity index (χ0) is 11.9. The normalized spacial score (nSPS) is 13.4. The van der Waals surface area contributed by atoms with Crippen molar-refractivity contribution in [3.63, 3.8) is 0 Å². The number of halogens is 2. The molecular formula is C10H19FINOS. The summed E-state index contributed by atoms with van der Waals surface area (Å²) in [7, 11) is 0. The third-order valence-corrected chi connectivity index (χ3v) is 2.76. The molecule has 0 amide bonds. The molecule has 0 fully saturated rings. The van der Waals surface area contributed by atoms with E-state index in [0.29, 0.717) is 11.6 Å². The first-order valence-electron chi connectivity index (χ1n) is 4.82. The predicted octanol–water partition coefficient (Wildman–Crippen LogP) is 3.33. The van der Waals surface area contributed by atoms with E-state index in [-0.39, 0.29) is 16.3 Å². The molecule has 0 spiro atoms. The van der Waals surface area contributed by atoms with E-state index in [4.69, 9.17) is 4.74 Å². The average Bonchev–Trinajstić information content (AvgIpc) is 2.00. The van der Waals surface area contributed by atoms with Crippen molar-refractivity contribution in [1.29, 1.82) is 0 Å². The number of thioether (sulfide) groups is 1. The zero-order valence-electron chi connectivity index (χ0n) is 9.48. The van der Waals surface area contributed by atoms with Gasteiger partial charge in [-0.1, -0.05) is 0 Å². The number of rotatable bonds is 8. The fraction of sp³-hybridized carbons (Fsp3) is 0.800. The second-order valence-corrected chi connectivity index (χ2v) is 7.45. The van der Waals surface area contributed by atoms with E-state index in [1.165, 1.54) is 0 Å². The molecule has 0 bridgehead atoms. The molecule has 15 heavy (non-hydrogen) atoms. The Hall–Kier alpha value is 0.350. The van der Waals surface area contributed by atoms with Gasteiger partial charge in [-0.2, -0.15) is 11.8 Å². The zero-order valence-corrected chi connectivity index (χ0v) is 12.5. The summed E-state index contributed by atoms with van der Waals surface area (Å²) >= 11 is 3.78. The van der Waals surface area contributed by atoms with Gasteiger partial charge in [-0.05, 0) is 49.9 Å². The number of alkyl halides is 2. The summed E-state index contributed by atoms with van der Waals surface area (Å²) < 4.78 is 17.1. The van der Waals surface area contributed by atoms with Crippen LogP contribution in [0.5, 0.6) is 0 Å². The van der Waals surface area contributed by atoms with E-state index in [1.54, 1.807) is 11.8 Å². The molecule has 2 nitrogen and oxygen atoms in total. The van der Waals surface area contributed by atoms with Crippen molar-refractivity contribution in [3.8, 4) is 0 Å². The molecule has 5 heteroatoms. The van der Waals surface area contributed by atoms with Crippen molar-refractivity contribution in [2.24, 2.45) is 0 Å². The van der Waals surface area contributed by atoms with Crippen LogP contribution < -0.4 is 5.32 Å². The first-order chi connectivity index (χ1) is 6.85. The molecule has 0 unspecified atom stereocenters. The molecule has 0 aromatic rings. The smallest absolute Gasteiger partial charge is 0.181 e. The van der Waals surface area contributed by atoms with Gasteiger partial charge in [-0.15, -0.1) is 0 Å². The predicted molar refractivity (Wildman–Crippen MR) is 74.2 cm³/mol.